The van der Waals surface area contributed by atoms with Gasteiger partial charge in [-0.25, -0.2) is 4.39 Å². The van der Waals surface area contributed by atoms with Crippen molar-refractivity contribution in [2.24, 2.45) is 23.2 Å². The van der Waals surface area contributed by atoms with E-state index >= 15 is 0 Å². The maximum atomic E-state index is 14.0. The Morgan fingerprint density at radius 1 is 1.19 bits per heavy atom. The van der Waals surface area contributed by atoms with Crippen LogP contribution >= 0.6 is 0 Å². The number of fused-ring (bicyclic) bond motifs is 5. The van der Waals surface area contributed by atoms with E-state index in [0.29, 0.717) is 49.7 Å². The molecule has 0 aromatic heterocycles. The van der Waals surface area contributed by atoms with Crippen LogP contribution in [0.3, 0.4) is 0 Å². The number of allylic oxidation sites excluding steroid dienone is 2. The fraction of sp³-hybridized carbons (Fsp3) is 0.591. The summed E-state index contributed by atoms with van der Waals surface area (Å²) in [5, 5.41) is 0. The molecule has 4 atom stereocenters. The quantitative estimate of drug-likeness (QED) is 0.767. The molecule has 0 N–H and O–H groups in total. The number of nitrogens with zero attached hydrogens (tertiary/aromatic N) is 3. The number of anilines is 1. The highest BCUT2D eigenvalue weighted by molar-refractivity contribution is 5.78. The molecule has 4 nitrogen and oxygen atoms in total. The molecule has 5 rings (SSSR count). The largest absolute Gasteiger partial charge is 0.366 e. The highest BCUT2D eigenvalue weighted by Gasteiger charge is 2.57. The van der Waals surface area contributed by atoms with E-state index in [2.05, 4.69) is 24.0 Å². The summed E-state index contributed by atoms with van der Waals surface area (Å²) in [5.74, 6) is 2.20. The lowest BCUT2D eigenvalue weighted by molar-refractivity contribution is -0.132. The number of para-hydroxylation sites is 1. The molecule has 2 aliphatic heterocycles. The maximum Gasteiger partial charge on any atom is 0.236 e. The van der Waals surface area contributed by atoms with E-state index in [1.807, 2.05) is 21.9 Å². The van der Waals surface area contributed by atoms with Crippen LogP contribution in [0.1, 0.15) is 13.3 Å². The van der Waals surface area contributed by atoms with Gasteiger partial charge >= 0.3 is 0 Å². The third kappa shape index (κ3) is 2.78. The molecule has 1 aromatic carbocycles. The van der Waals surface area contributed by atoms with Gasteiger partial charge in [0, 0.05) is 39.3 Å². The smallest absolute Gasteiger partial charge is 0.236 e. The Balaban J connectivity index is 1.16. The van der Waals surface area contributed by atoms with Crippen molar-refractivity contribution in [2.45, 2.75) is 13.3 Å². The fourth-order valence-electron chi connectivity index (χ4n) is 6.00. The van der Waals surface area contributed by atoms with Gasteiger partial charge < -0.3 is 9.80 Å². The second-order valence-electron chi connectivity index (χ2n) is 8.99. The third-order valence-electron chi connectivity index (χ3n) is 7.53. The van der Waals surface area contributed by atoms with Crippen molar-refractivity contribution in [1.29, 1.82) is 0 Å². The molecule has 1 amide bonds. The van der Waals surface area contributed by atoms with Gasteiger partial charge in [0.25, 0.3) is 0 Å². The third-order valence-corrected chi connectivity index (χ3v) is 7.53. The van der Waals surface area contributed by atoms with E-state index in [1.165, 1.54) is 12.5 Å². The lowest BCUT2D eigenvalue weighted by Gasteiger charge is -2.37. The van der Waals surface area contributed by atoms with Crippen LogP contribution in [0.2, 0.25) is 0 Å². The van der Waals surface area contributed by atoms with Crippen LogP contribution in [-0.2, 0) is 4.79 Å². The lowest BCUT2D eigenvalue weighted by atomic mass is 9.72. The molecule has 2 saturated heterocycles. The van der Waals surface area contributed by atoms with E-state index in [0.717, 1.165) is 24.9 Å². The minimum Gasteiger partial charge on any atom is -0.366 e. The van der Waals surface area contributed by atoms with Gasteiger partial charge in [-0.05, 0) is 41.7 Å². The van der Waals surface area contributed by atoms with Crippen molar-refractivity contribution in [1.82, 2.24) is 9.80 Å². The molecular weight excluding hydrogens is 341 g/mol. The lowest BCUT2D eigenvalue weighted by Crippen LogP contribution is -2.51. The molecule has 0 radical (unpaired) electrons. The molecule has 3 fully saturated rings. The summed E-state index contributed by atoms with van der Waals surface area (Å²) in [5.41, 5.74) is 1.01. The van der Waals surface area contributed by atoms with Crippen molar-refractivity contribution < 1.29 is 9.18 Å². The predicted octanol–water partition coefficient (Wildman–Crippen LogP) is 2.62. The summed E-state index contributed by atoms with van der Waals surface area (Å²) >= 11 is 0. The van der Waals surface area contributed by atoms with Crippen LogP contribution in [0.25, 0.3) is 0 Å². The maximum absolute atomic E-state index is 14.0. The molecule has 27 heavy (non-hydrogen) atoms. The van der Waals surface area contributed by atoms with Gasteiger partial charge in [-0.3, -0.25) is 9.69 Å². The fourth-order valence-corrected chi connectivity index (χ4v) is 6.00. The number of carbonyl (C=O) groups is 1. The van der Waals surface area contributed by atoms with Crippen LogP contribution in [0.5, 0.6) is 0 Å². The Kier molecular flexibility index (Phi) is 4.04. The molecule has 144 valence electrons. The first-order valence-electron chi connectivity index (χ1n) is 10.2. The van der Waals surface area contributed by atoms with Gasteiger partial charge in [0.05, 0.1) is 12.2 Å². The number of likely N-dealkylation sites (tertiary alicyclic amines) is 1. The molecule has 5 heteroatoms. The number of hydrogen-bond donors (Lipinski definition) is 0. The monoisotopic (exact) mass is 369 g/mol. The van der Waals surface area contributed by atoms with Crippen molar-refractivity contribution >= 4 is 11.6 Å². The van der Waals surface area contributed by atoms with Gasteiger partial charge in [-0.1, -0.05) is 31.2 Å². The summed E-state index contributed by atoms with van der Waals surface area (Å²) in [7, 11) is 0. The van der Waals surface area contributed by atoms with Crippen LogP contribution in [0, 0.1) is 29.0 Å². The Labute approximate surface area is 160 Å². The second kappa shape index (κ2) is 6.33. The van der Waals surface area contributed by atoms with Gasteiger partial charge in [0.15, 0.2) is 0 Å². The van der Waals surface area contributed by atoms with Gasteiger partial charge in [0.1, 0.15) is 5.82 Å². The minimum absolute atomic E-state index is 0.183. The van der Waals surface area contributed by atoms with Crippen molar-refractivity contribution in [2.75, 3.05) is 50.7 Å². The van der Waals surface area contributed by atoms with Crippen LogP contribution < -0.4 is 4.90 Å². The first-order valence-corrected chi connectivity index (χ1v) is 10.2. The highest BCUT2D eigenvalue weighted by atomic mass is 19.1. The van der Waals surface area contributed by atoms with Crippen molar-refractivity contribution in [3.05, 3.63) is 42.2 Å². The normalized spacial score (nSPS) is 35.1. The number of benzene rings is 1. The Morgan fingerprint density at radius 3 is 2.70 bits per heavy atom. The average molecular weight is 369 g/mol. The molecule has 2 aliphatic carbocycles. The Bertz CT molecular complexity index is 773. The van der Waals surface area contributed by atoms with E-state index in [1.54, 1.807) is 6.07 Å². The summed E-state index contributed by atoms with van der Waals surface area (Å²) in [6, 6.07) is 6.90. The van der Waals surface area contributed by atoms with E-state index in [4.69, 9.17) is 0 Å². The summed E-state index contributed by atoms with van der Waals surface area (Å²) in [6.07, 6.45) is 6.14. The number of piperazine rings is 1. The van der Waals surface area contributed by atoms with E-state index in [9.17, 15) is 9.18 Å². The molecule has 2 bridgehead atoms. The highest BCUT2D eigenvalue weighted by Crippen LogP contribution is 2.59. The van der Waals surface area contributed by atoms with Crippen molar-refractivity contribution in [3.8, 4) is 0 Å². The zero-order chi connectivity index (χ0) is 18.6. The van der Waals surface area contributed by atoms with Crippen LogP contribution in [-0.4, -0.2) is 61.5 Å². The van der Waals surface area contributed by atoms with E-state index in [-0.39, 0.29) is 11.7 Å². The number of hydrogen-bond acceptors (Lipinski definition) is 3. The van der Waals surface area contributed by atoms with Gasteiger partial charge in [0.2, 0.25) is 5.91 Å². The molecule has 0 unspecified atom stereocenters. The zero-order valence-corrected chi connectivity index (χ0v) is 16.0. The topological polar surface area (TPSA) is 26.8 Å². The Hall–Kier alpha value is -1.88. The zero-order valence-electron chi connectivity index (χ0n) is 16.0. The predicted molar refractivity (Wildman–Crippen MR) is 104 cm³/mol. The van der Waals surface area contributed by atoms with Crippen molar-refractivity contribution in [3.63, 3.8) is 0 Å². The molecule has 0 spiro atoms. The van der Waals surface area contributed by atoms with Crippen LogP contribution in [0.4, 0.5) is 10.1 Å². The number of amides is 1. The number of halogens is 1. The molecular formula is C22H28FN3O. The summed E-state index contributed by atoms with van der Waals surface area (Å²) in [4.78, 5) is 19.2. The molecule has 2 heterocycles. The van der Waals surface area contributed by atoms with Crippen LogP contribution in [0.15, 0.2) is 36.4 Å². The van der Waals surface area contributed by atoms with Gasteiger partial charge in [-0.2, -0.15) is 0 Å². The molecule has 1 aromatic rings. The SMILES string of the molecule is C[C@]12CN(CC(=O)N3CCN(c4ccccc4F)CC3)C[C@H]1[C@H]1C=C[C@@H]2C1. The van der Waals surface area contributed by atoms with Gasteiger partial charge in [-0.15, -0.1) is 0 Å². The molecule has 1 saturated carbocycles. The number of rotatable bonds is 3. The first kappa shape index (κ1) is 17.2. The Morgan fingerprint density at radius 2 is 1.96 bits per heavy atom. The summed E-state index contributed by atoms with van der Waals surface area (Å²) < 4.78 is 14.0. The first-order chi connectivity index (χ1) is 13.0. The second-order valence-corrected chi connectivity index (χ2v) is 8.99. The van der Waals surface area contributed by atoms with E-state index < -0.39 is 0 Å². The minimum atomic E-state index is -0.183. The number of carbonyl (C=O) groups excluding carboxylic acids is 1. The standard InChI is InChI=1S/C22H28FN3O/c1-22-15-24(13-18(22)16-6-7-17(22)12-16)14-21(27)26-10-8-25(9-11-26)20-5-3-2-4-19(20)23/h2-7,16-18H,8-15H2,1H3/t16-,17+,18-,22+/m0/s1. The average Bonchev–Trinajstić information content (AvgIpc) is 3.33. The molecule has 4 aliphatic rings. The summed E-state index contributed by atoms with van der Waals surface area (Å²) in [6.45, 7) is 7.80.